The van der Waals surface area contributed by atoms with Crippen LogP contribution in [0.5, 0.6) is 5.75 Å². The Morgan fingerprint density at radius 1 is 0.950 bits per heavy atom. The van der Waals surface area contributed by atoms with Crippen LogP contribution in [0.25, 0.3) is 0 Å². The van der Waals surface area contributed by atoms with Gasteiger partial charge in [-0.1, -0.05) is 30.3 Å². The van der Waals surface area contributed by atoms with Crippen molar-refractivity contribution in [1.29, 1.82) is 0 Å². The maximum Gasteiger partial charge on any atom is 0.353 e. The molecule has 0 unspecified atom stereocenters. The van der Waals surface area contributed by atoms with Crippen LogP contribution in [0.1, 0.15) is 11.1 Å². The van der Waals surface area contributed by atoms with E-state index in [1.807, 2.05) is 0 Å². The van der Waals surface area contributed by atoms with Crippen LogP contribution in [-0.2, 0) is 6.42 Å². The molecule has 7 nitrogen and oxygen atoms in total. The fraction of sp³-hybridized carbons (Fsp3) is 0.0769. The number of nitrogens with zero attached hydrogens (tertiary/aromatic N) is 2. The van der Waals surface area contributed by atoms with E-state index in [4.69, 9.17) is 0 Å². The van der Waals surface area contributed by atoms with Gasteiger partial charge in [0.2, 0.25) is 0 Å². The van der Waals surface area contributed by atoms with Gasteiger partial charge in [-0.25, -0.2) is 0 Å². The van der Waals surface area contributed by atoms with Crippen LogP contribution in [0.4, 0.5) is 11.4 Å². The lowest BCUT2D eigenvalue weighted by Gasteiger charge is -2.06. The van der Waals surface area contributed by atoms with Crippen molar-refractivity contribution in [2.24, 2.45) is 0 Å². The molecule has 0 fully saturated rings. The molecule has 2 aromatic rings. The quantitative estimate of drug-likeness (QED) is 0.681. The molecule has 0 amide bonds. The summed E-state index contributed by atoms with van der Waals surface area (Å²) in [5.74, 6) is -0.328. The average Bonchev–Trinajstić information content (AvgIpc) is 2.41. The van der Waals surface area contributed by atoms with Gasteiger partial charge in [-0.3, -0.25) is 20.2 Å². The second-order valence-electron chi connectivity index (χ2n) is 4.11. The Balaban J connectivity index is 2.59. The van der Waals surface area contributed by atoms with Gasteiger partial charge in [0.15, 0.2) is 0 Å². The highest BCUT2D eigenvalue weighted by molar-refractivity contribution is 5.63. The van der Waals surface area contributed by atoms with Crippen molar-refractivity contribution in [2.45, 2.75) is 6.42 Å². The average molecular weight is 274 g/mol. The van der Waals surface area contributed by atoms with Crippen molar-refractivity contribution >= 4 is 11.4 Å². The van der Waals surface area contributed by atoms with Gasteiger partial charge in [0.05, 0.1) is 15.4 Å². The summed E-state index contributed by atoms with van der Waals surface area (Å²) in [5.41, 5.74) is -0.639. The van der Waals surface area contributed by atoms with E-state index in [1.165, 1.54) is 0 Å². The molecule has 20 heavy (non-hydrogen) atoms. The van der Waals surface area contributed by atoms with Crippen LogP contribution in [0, 0.1) is 20.2 Å². The fourth-order valence-electron chi connectivity index (χ4n) is 1.94. The van der Waals surface area contributed by atoms with Crippen molar-refractivity contribution in [2.75, 3.05) is 0 Å². The number of aromatic hydroxyl groups is 1. The molecular weight excluding hydrogens is 264 g/mol. The predicted molar refractivity (Wildman–Crippen MR) is 70.7 cm³/mol. The van der Waals surface area contributed by atoms with Crippen molar-refractivity contribution in [1.82, 2.24) is 0 Å². The largest absolute Gasteiger partial charge is 0.507 e. The van der Waals surface area contributed by atoms with Crippen molar-refractivity contribution in [3.63, 3.8) is 0 Å². The normalized spacial score (nSPS) is 10.2. The number of nitro groups is 2. The Hall–Kier alpha value is -2.96. The number of hydrogen-bond acceptors (Lipinski definition) is 5. The minimum Gasteiger partial charge on any atom is -0.507 e. The number of nitro benzene ring substituents is 2. The number of phenols is 1. The lowest BCUT2D eigenvalue weighted by Crippen LogP contribution is -2.02. The van der Waals surface area contributed by atoms with E-state index in [0.717, 1.165) is 12.1 Å². The van der Waals surface area contributed by atoms with Gasteiger partial charge in [0, 0.05) is 12.5 Å². The smallest absolute Gasteiger partial charge is 0.353 e. The van der Waals surface area contributed by atoms with Gasteiger partial charge in [0.25, 0.3) is 0 Å². The monoisotopic (exact) mass is 274 g/mol. The maximum absolute atomic E-state index is 11.1. The van der Waals surface area contributed by atoms with Crippen molar-refractivity contribution in [3.8, 4) is 5.75 Å². The summed E-state index contributed by atoms with van der Waals surface area (Å²) in [6.07, 6.45) is 0.0463. The third kappa shape index (κ3) is 2.56. The first-order valence-corrected chi connectivity index (χ1v) is 5.68. The van der Waals surface area contributed by atoms with Crippen LogP contribution < -0.4 is 0 Å². The molecule has 2 aromatic carbocycles. The Bertz CT molecular complexity index is 670. The Morgan fingerprint density at radius 2 is 1.60 bits per heavy atom. The minimum atomic E-state index is -0.837. The van der Waals surface area contributed by atoms with Crippen LogP contribution >= 0.6 is 0 Å². The van der Waals surface area contributed by atoms with Crippen molar-refractivity contribution < 1.29 is 15.0 Å². The molecule has 0 saturated heterocycles. The van der Waals surface area contributed by atoms with Gasteiger partial charge in [-0.2, -0.15) is 0 Å². The van der Waals surface area contributed by atoms with Gasteiger partial charge >= 0.3 is 11.4 Å². The SMILES string of the molecule is O=[N+]([O-])c1ccc(O)c(Cc2ccccc2)c1[N+](=O)[O-]. The van der Waals surface area contributed by atoms with Gasteiger partial charge in [0.1, 0.15) is 5.75 Å². The fourth-order valence-corrected chi connectivity index (χ4v) is 1.94. The van der Waals surface area contributed by atoms with Gasteiger partial charge < -0.3 is 5.11 Å². The first-order valence-electron chi connectivity index (χ1n) is 5.68. The zero-order valence-corrected chi connectivity index (χ0v) is 10.2. The lowest BCUT2D eigenvalue weighted by atomic mass is 10.0. The van der Waals surface area contributed by atoms with E-state index >= 15 is 0 Å². The second kappa shape index (κ2) is 5.35. The summed E-state index contributed by atoms with van der Waals surface area (Å²) in [4.78, 5) is 20.3. The number of phenolic OH excluding ortho intramolecular Hbond substituents is 1. The standard InChI is InChI=1S/C13H10N2O5/c16-12-7-6-11(14(17)18)13(15(19)20)10(12)8-9-4-2-1-3-5-9/h1-7,16H,8H2. The van der Waals surface area contributed by atoms with Gasteiger partial charge in [-0.15, -0.1) is 0 Å². The Labute approximate surface area is 113 Å². The third-order valence-corrected chi connectivity index (χ3v) is 2.84. The van der Waals surface area contributed by atoms with E-state index in [-0.39, 0.29) is 17.7 Å². The summed E-state index contributed by atoms with van der Waals surface area (Å²) in [6, 6.07) is 10.8. The Morgan fingerprint density at radius 3 is 2.15 bits per heavy atom. The van der Waals surface area contributed by atoms with Gasteiger partial charge in [-0.05, 0) is 11.6 Å². The lowest BCUT2D eigenvalue weighted by molar-refractivity contribution is -0.423. The summed E-state index contributed by atoms with van der Waals surface area (Å²) in [6.45, 7) is 0. The molecular formula is C13H10N2O5. The number of benzene rings is 2. The molecule has 1 N–H and O–H groups in total. The molecule has 0 saturated carbocycles. The van der Waals surface area contributed by atoms with E-state index in [2.05, 4.69) is 0 Å². The molecule has 0 heterocycles. The van der Waals surface area contributed by atoms with Crippen molar-refractivity contribution in [3.05, 3.63) is 73.8 Å². The first kappa shape index (κ1) is 13.5. The molecule has 0 aliphatic rings. The van der Waals surface area contributed by atoms with Crippen LogP contribution in [0.15, 0.2) is 42.5 Å². The highest BCUT2D eigenvalue weighted by Gasteiger charge is 2.30. The first-order chi connectivity index (χ1) is 9.50. The third-order valence-electron chi connectivity index (χ3n) is 2.84. The molecule has 0 radical (unpaired) electrons. The molecule has 0 aliphatic heterocycles. The van der Waals surface area contributed by atoms with Crippen LogP contribution in [0.3, 0.4) is 0 Å². The van der Waals surface area contributed by atoms with Crippen LogP contribution in [-0.4, -0.2) is 15.0 Å². The highest BCUT2D eigenvalue weighted by atomic mass is 16.6. The molecule has 102 valence electrons. The zero-order chi connectivity index (χ0) is 14.7. The molecule has 2 rings (SSSR count). The topological polar surface area (TPSA) is 107 Å². The highest BCUT2D eigenvalue weighted by Crippen LogP contribution is 2.37. The second-order valence-corrected chi connectivity index (χ2v) is 4.11. The zero-order valence-electron chi connectivity index (χ0n) is 10.2. The number of hydrogen-bond donors (Lipinski definition) is 1. The molecule has 7 heteroatoms. The van der Waals surface area contributed by atoms with E-state index in [0.29, 0.717) is 5.56 Å². The molecule has 0 bridgehead atoms. The molecule has 0 aromatic heterocycles. The number of rotatable bonds is 4. The molecule has 0 atom stereocenters. The summed E-state index contributed by atoms with van der Waals surface area (Å²) < 4.78 is 0. The van der Waals surface area contributed by atoms with E-state index in [9.17, 15) is 25.3 Å². The summed E-state index contributed by atoms with van der Waals surface area (Å²) >= 11 is 0. The predicted octanol–water partition coefficient (Wildman–Crippen LogP) is 2.80. The molecule has 0 spiro atoms. The van der Waals surface area contributed by atoms with E-state index < -0.39 is 21.2 Å². The van der Waals surface area contributed by atoms with E-state index in [1.54, 1.807) is 30.3 Å². The van der Waals surface area contributed by atoms with Crippen LogP contribution in [0.2, 0.25) is 0 Å². The maximum atomic E-state index is 11.1. The molecule has 0 aliphatic carbocycles. The summed E-state index contributed by atoms with van der Waals surface area (Å²) in [7, 11) is 0. The summed E-state index contributed by atoms with van der Waals surface area (Å²) in [5, 5.41) is 31.7. The Kier molecular flexibility index (Phi) is 3.60. The minimum absolute atomic E-state index is 0.0463.